The van der Waals surface area contributed by atoms with E-state index in [-0.39, 0.29) is 17.7 Å². The van der Waals surface area contributed by atoms with Gasteiger partial charge >= 0.3 is 0 Å². The number of piperazine rings is 1. The van der Waals surface area contributed by atoms with Crippen LogP contribution in [0.1, 0.15) is 56.6 Å². The van der Waals surface area contributed by atoms with E-state index in [9.17, 15) is 14.4 Å². The predicted molar refractivity (Wildman–Crippen MR) is 149 cm³/mol. The topological polar surface area (TPSA) is 81.8 Å². The van der Waals surface area contributed by atoms with Gasteiger partial charge in [0.25, 0.3) is 0 Å². The van der Waals surface area contributed by atoms with Gasteiger partial charge < -0.3 is 20.4 Å². The average Bonchev–Trinajstić information content (AvgIpc) is 2.94. The maximum Gasteiger partial charge on any atom is 0.246 e. The number of carbonyl (C=O) groups is 3. The summed E-state index contributed by atoms with van der Waals surface area (Å²) in [7, 11) is 0. The quantitative estimate of drug-likeness (QED) is 0.423. The number of hydrogen-bond acceptors (Lipinski definition) is 4. The Kier molecular flexibility index (Phi) is 9.93. The molecule has 2 aromatic carbocycles. The van der Waals surface area contributed by atoms with Gasteiger partial charge in [-0.15, -0.1) is 0 Å². The van der Waals surface area contributed by atoms with E-state index in [2.05, 4.69) is 46.7 Å². The second-order valence-electron chi connectivity index (χ2n) is 10.6. The monoisotopic (exact) mass is 518 g/mol. The van der Waals surface area contributed by atoms with Crippen LogP contribution in [-0.2, 0) is 27.2 Å². The highest BCUT2D eigenvalue weighted by Crippen LogP contribution is 2.34. The van der Waals surface area contributed by atoms with E-state index in [4.69, 9.17) is 0 Å². The number of piperidine rings is 1. The molecule has 2 saturated heterocycles. The molecule has 0 aromatic heterocycles. The molecule has 2 aliphatic heterocycles. The average molecular weight is 519 g/mol. The van der Waals surface area contributed by atoms with E-state index in [1.165, 1.54) is 5.56 Å². The molecule has 4 rings (SSSR count). The van der Waals surface area contributed by atoms with Crippen LogP contribution >= 0.6 is 0 Å². The molecule has 7 nitrogen and oxygen atoms in total. The first kappa shape index (κ1) is 27.8. The fourth-order valence-electron chi connectivity index (χ4n) is 5.74. The summed E-state index contributed by atoms with van der Waals surface area (Å²) < 4.78 is 0. The summed E-state index contributed by atoms with van der Waals surface area (Å²) in [5, 5.41) is 6.05. The molecule has 2 aromatic rings. The Morgan fingerprint density at radius 3 is 2.26 bits per heavy atom. The second kappa shape index (κ2) is 13.6. The van der Waals surface area contributed by atoms with Crippen molar-refractivity contribution in [1.29, 1.82) is 0 Å². The van der Waals surface area contributed by atoms with E-state index in [0.29, 0.717) is 38.8 Å². The molecule has 1 atom stereocenters. The summed E-state index contributed by atoms with van der Waals surface area (Å²) in [6, 6.07) is 19.7. The number of amides is 3. The lowest BCUT2D eigenvalue weighted by atomic mass is 9.81. The van der Waals surface area contributed by atoms with Crippen LogP contribution in [0.5, 0.6) is 0 Å². The molecule has 0 aliphatic carbocycles. The molecule has 0 radical (unpaired) electrons. The Labute approximate surface area is 227 Å². The van der Waals surface area contributed by atoms with Crippen LogP contribution in [-0.4, -0.2) is 71.8 Å². The molecule has 38 heavy (non-hydrogen) atoms. The lowest BCUT2D eigenvalue weighted by Gasteiger charge is -2.51. The lowest BCUT2D eigenvalue weighted by Crippen LogP contribution is -2.72. The molecule has 2 aliphatic rings. The number of hydrogen-bond donors (Lipinski definition) is 2. The fraction of sp³-hybridized carbons (Fsp3) is 0.516. The molecular formula is C31H42N4O3. The Morgan fingerprint density at radius 1 is 0.947 bits per heavy atom. The molecule has 2 heterocycles. The van der Waals surface area contributed by atoms with E-state index in [1.54, 1.807) is 0 Å². The van der Waals surface area contributed by atoms with Crippen molar-refractivity contribution in [2.45, 2.75) is 69.9 Å². The maximum atomic E-state index is 13.5. The van der Waals surface area contributed by atoms with Crippen LogP contribution in [0, 0.1) is 0 Å². The van der Waals surface area contributed by atoms with Gasteiger partial charge in [-0.1, -0.05) is 67.6 Å². The van der Waals surface area contributed by atoms with Crippen molar-refractivity contribution in [3.05, 3.63) is 71.8 Å². The van der Waals surface area contributed by atoms with Gasteiger partial charge in [0.15, 0.2) is 0 Å². The molecule has 204 valence electrons. The normalized spacial score (nSPS) is 19.4. The zero-order valence-corrected chi connectivity index (χ0v) is 22.7. The van der Waals surface area contributed by atoms with Gasteiger partial charge in [0.05, 0.1) is 6.42 Å². The van der Waals surface area contributed by atoms with Crippen LogP contribution in [0.25, 0.3) is 0 Å². The minimum Gasteiger partial charge on any atom is -0.356 e. The van der Waals surface area contributed by atoms with Crippen molar-refractivity contribution in [1.82, 2.24) is 20.4 Å². The minimum atomic E-state index is -0.724. The molecule has 1 spiro atoms. The Morgan fingerprint density at radius 2 is 1.61 bits per heavy atom. The van der Waals surface area contributed by atoms with E-state index in [1.807, 2.05) is 41.3 Å². The van der Waals surface area contributed by atoms with Gasteiger partial charge in [-0.25, -0.2) is 0 Å². The lowest BCUT2D eigenvalue weighted by molar-refractivity contribution is -0.161. The van der Waals surface area contributed by atoms with Gasteiger partial charge in [0.2, 0.25) is 17.7 Å². The second-order valence-corrected chi connectivity index (χ2v) is 10.6. The summed E-state index contributed by atoms with van der Waals surface area (Å²) in [5.41, 5.74) is 1.59. The number of rotatable bonds is 12. The molecular weight excluding hydrogens is 476 g/mol. The van der Waals surface area contributed by atoms with Crippen LogP contribution in [0.4, 0.5) is 0 Å². The summed E-state index contributed by atoms with van der Waals surface area (Å²) in [6.07, 6.45) is 5.69. The van der Waals surface area contributed by atoms with Crippen molar-refractivity contribution in [2.75, 3.05) is 32.7 Å². The van der Waals surface area contributed by atoms with Crippen LogP contribution in [0.15, 0.2) is 60.7 Å². The largest absolute Gasteiger partial charge is 0.356 e. The van der Waals surface area contributed by atoms with Gasteiger partial charge in [0.1, 0.15) is 11.6 Å². The molecule has 3 amide bonds. The molecule has 2 fully saturated rings. The van der Waals surface area contributed by atoms with Gasteiger partial charge in [0, 0.05) is 32.7 Å². The molecule has 0 bridgehead atoms. The van der Waals surface area contributed by atoms with Gasteiger partial charge in [-0.05, 0) is 56.1 Å². The third kappa shape index (κ3) is 7.01. The standard InChI is InChI=1S/C31H42N4O3/c1-2-20-35-29(37)27(15-9-10-19-32-28(36)24-26-13-7-4-8-14-26)33-30(38)31(35)17-22-34(23-18-31)21-16-25-11-5-3-6-12-25/h3-8,11-14,27H,2,9-10,15-24H2,1H3,(H,32,36)(H,33,38)/t27-/m0/s1. The molecule has 7 heteroatoms. The predicted octanol–water partition coefficient (Wildman–Crippen LogP) is 3.33. The van der Waals surface area contributed by atoms with Gasteiger partial charge in [-0.2, -0.15) is 0 Å². The van der Waals surface area contributed by atoms with Gasteiger partial charge in [-0.3, -0.25) is 14.4 Å². The van der Waals surface area contributed by atoms with Crippen molar-refractivity contribution >= 4 is 17.7 Å². The molecule has 2 N–H and O–H groups in total. The Hall–Kier alpha value is -3.19. The number of likely N-dealkylation sites (tertiary alicyclic amines) is 1. The third-order valence-corrected chi connectivity index (χ3v) is 7.95. The Bertz CT molecular complexity index is 1050. The smallest absolute Gasteiger partial charge is 0.246 e. The highest BCUT2D eigenvalue weighted by molar-refractivity contribution is 6.00. The van der Waals surface area contributed by atoms with E-state index < -0.39 is 11.6 Å². The third-order valence-electron chi connectivity index (χ3n) is 7.95. The number of nitrogens with zero attached hydrogens (tertiary/aromatic N) is 2. The maximum absolute atomic E-state index is 13.5. The number of carbonyl (C=O) groups excluding carboxylic acids is 3. The first-order chi connectivity index (χ1) is 18.5. The summed E-state index contributed by atoms with van der Waals surface area (Å²) in [6.45, 7) is 5.86. The summed E-state index contributed by atoms with van der Waals surface area (Å²) in [4.78, 5) is 43.5. The number of unbranched alkanes of at least 4 members (excludes halogenated alkanes) is 1. The van der Waals surface area contributed by atoms with Crippen molar-refractivity contribution in [3.8, 4) is 0 Å². The Balaban J connectivity index is 1.23. The number of nitrogens with one attached hydrogen (secondary N) is 2. The van der Waals surface area contributed by atoms with Crippen molar-refractivity contribution < 1.29 is 14.4 Å². The van der Waals surface area contributed by atoms with Crippen molar-refractivity contribution in [3.63, 3.8) is 0 Å². The highest BCUT2D eigenvalue weighted by atomic mass is 16.2. The van der Waals surface area contributed by atoms with Crippen LogP contribution < -0.4 is 10.6 Å². The minimum absolute atomic E-state index is 0.00409. The fourth-order valence-corrected chi connectivity index (χ4v) is 5.74. The van der Waals surface area contributed by atoms with E-state index >= 15 is 0 Å². The first-order valence-corrected chi connectivity index (χ1v) is 14.2. The van der Waals surface area contributed by atoms with Crippen LogP contribution in [0.3, 0.4) is 0 Å². The van der Waals surface area contributed by atoms with E-state index in [0.717, 1.165) is 50.9 Å². The molecule has 0 unspecified atom stereocenters. The summed E-state index contributed by atoms with van der Waals surface area (Å²) in [5.74, 6) is 0.0659. The first-order valence-electron chi connectivity index (χ1n) is 14.2. The summed E-state index contributed by atoms with van der Waals surface area (Å²) >= 11 is 0. The zero-order chi connectivity index (χ0) is 26.8. The number of benzene rings is 2. The SMILES string of the molecule is CCCN1C(=O)[C@H](CCCCNC(=O)Cc2ccccc2)NC(=O)C12CCN(CCc1ccccc1)CC2. The molecule has 0 saturated carbocycles. The van der Waals surface area contributed by atoms with Crippen molar-refractivity contribution in [2.24, 2.45) is 0 Å². The van der Waals surface area contributed by atoms with Crippen LogP contribution in [0.2, 0.25) is 0 Å². The highest BCUT2D eigenvalue weighted by Gasteiger charge is 2.52. The zero-order valence-electron chi connectivity index (χ0n) is 22.7.